The van der Waals surface area contributed by atoms with E-state index in [0.29, 0.717) is 11.9 Å². The fourth-order valence-corrected chi connectivity index (χ4v) is 2.00. The Morgan fingerprint density at radius 3 is 2.53 bits per heavy atom. The summed E-state index contributed by atoms with van der Waals surface area (Å²) in [5, 5.41) is 5.64. The number of ether oxygens (including phenoxy) is 1. The molecule has 0 bridgehead atoms. The van der Waals surface area contributed by atoms with Crippen molar-refractivity contribution < 1.29 is 4.74 Å². The Hall–Kier alpha value is -1.77. The highest BCUT2D eigenvalue weighted by atomic mass is 16.5. The van der Waals surface area contributed by atoms with Gasteiger partial charge in [-0.05, 0) is 52.1 Å². The number of nitrogens with one attached hydrogen (secondary N) is 1. The van der Waals surface area contributed by atoms with Gasteiger partial charge in [0.05, 0.1) is 5.39 Å². The SMILES string of the molecule is CC(C)Nc1cccc2ccnc(OC(C)(C)C)c12. The minimum Gasteiger partial charge on any atom is -0.471 e. The average Bonchev–Trinajstić information content (AvgIpc) is 2.26. The minimum absolute atomic E-state index is 0.258. The van der Waals surface area contributed by atoms with E-state index in [-0.39, 0.29) is 5.60 Å². The second kappa shape index (κ2) is 5.08. The summed E-state index contributed by atoms with van der Waals surface area (Å²) < 4.78 is 5.99. The van der Waals surface area contributed by atoms with Gasteiger partial charge in [0.1, 0.15) is 5.60 Å². The number of hydrogen-bond acceptors (Lipinski definition) is 3. The molecule has 0 unspecified atom stereocenters. The van der Waals surface area contributed by atoms with Crippen LogP contribution in [0.1, 0.15) is 34.6 Å². The third kappa shape index (κ3) is 3.37. The smallest absolute Gasteiger partial charge is 0.223 e. The zero-order valence-corrected chi connectivity index (χ0v) is 12.3. The molecule has 2 aromatic rings. The molecule has 3 heteroatoms. The summed E-state index contributed by atoms with van der Waals surface area (Å²) in [7, 11) is 0. The molecule has 1 aromatic heterocycles. The number of nitrogens with zero attached hydrogens (tertiary/aromatic N) is 1. The van der Waals surface area contributed by atoms with Crippen LogP contribution in [0.4, 0.5) is 5.69 Å². The lowest BCUT2D eigenvalue weighted by Crippen LogP contribution is -2.23. The van der Waals surface area contributed by atoms with Gasteiger partial charge in [-0.25, -0.2) is 4.98 Å². The van der Waals surface area contributed by atoms with Crippen molar-refractivity contribution in [3.8, 4) is 5.88 Å². The highest BCUT2D eigenvalue weighted by molar-refractivity contribution is 5.97. The monoisotopic (exact) mass is 258 g/mol. The van der Waals surface area contributed by atoms with Gasteiger partial charge < -0.3 is 10.1 Å². The molecule has 2 rings (SSSR count). The van der Waals surface area contributed by atoms with E-state index in [9.17, 15) is 0 Å². The maximum atomic E-state index is 5.99. The Labute approximate surface area is 115 Å². The van der Waals surface area contributed by atoms with Crippen LogP contribution < -0.4 is 10.1 Å². The summed E-state index contributed by atoms with van der Waals surface area (Å²) in [4.78, 5) is 4.40. The first-order valence-electron chi connectivity index (χ1n) is 6.70. The Morgan fingerprint density at radius 2 is 1.89 bits per heavy atom. The molecule has 102 valence electrons. The third-order valence-electron chi connectivity index (χ3n) is 2.60. The molecule has 0 aliphatic rings. The van der Waals surface area contributed by atoms with E-state index < -0.39 is 0 Å². The molecule has 0 aliphatic heterocycles. The van der Waals surface area contributed by atoms with Crippen molar-refractivity contribution in [2.45, 2.75) is 46.3 Å². The number of anilines is 1. The summed E-state index contributed by atoms with van der Waals surface area (Å²) in [5.41, 5.74) is 0.812. The van der Waals surface area contributed by atoms with Gasteiger partial charge in [0, 0.05) is 17.9 Å². The molecule has 1 N–H and O–H groups in total. The summed E-state index contributed by atoms with van der Waals surface area (Å²) in [6.45, 7) is 10.4. The Kier molecular flexibility index (Phi) is 3.65. The largest absolute Gasteiger partial charge is 0.471 e. The predicted octanol–water partition coefficient (Wildman–Crippen LogP) is 4.23. The predicted molar refractivity (Wildman–Crippen MR) is 80.9 cm³/mol. The van der Waals surface area contributed by atoms with E-state index in [0.717, 1.165) is 16.5 Å². The first-order valence-corrected chi connectivity index (χ1v) is 6.70. The molecular weight excluding hydrogens is 236 g/mol. The fraction of sp³-hybridized carbons (Fsp3) is 0.438. The zero-order chi connectivity index (χ0) is 14.0. The van der Waals surface area contributed by atoms with E-state index in [4.69, 9.17) is 4.74 Å². The van der Waals surface area contributed by atoms with Gasteiger partial charge in [0.2, 0.25) is 5.88 Å². The van der Waals surface area contributed by atoms with Gasteiger partial charge >= 0.3 is 0 Å². The zero-order valence-electron chi connectivity index (χ0n) is 12.3. The number of fused-ring (bicyclic) bond motifs is 1. The molecule has 3 nitrogen and oxygen atoms in total. The summed E-state index contributed by atoms with van der Waals surface area (Å²) >= 11 is 0. The van der Waals surface area contributed by atoms with E-state index in [1.807, 2.05) is 32.9 Å². The van der Waals surface area contributed by atoms with Crippen LogP contribution in [-0.2, 0) is 0 Å². The van der Waals surface area contributed by atoms with Crippen molar-refractivity contribution in [2.24, 2.45) is 0 Å². The van der Waals surface area contributed by atoms with Crippen LogP contribution in [0.3, 0.4) is 0 Å². The molecule has 1 aromatic carbocycles. The molecule has 0 atom stereocenters. The van der Waals surface area contributed by atoms with Gasteiger partial charge in [0.25, 0.3) is 0 Å². The Morgan fingerprint density at radius 1 is 1.16 bits per heavy atom. The fourth-order valence-electron chi connectivity index (χ4n) is 2.00. The van der Waals surface area contributed by atoms with Crippen molar-refractivity contribution >= 4 is 16.5 Å². The normalized spacial score (nSPS) is 11.9. The summed E-state index contributed by atoms with van der Waals surface area (Å²) in [6, 6.07) is 8.58. The molecule has 0 radical (unpaired) electrons. The van der Waals surface area contributed by atoms with Crippen LogP contribution in [0.25, 0.3) is 10.8 Å². The maximum Gasteiger partial charge on any atom is 0.223 e. The van der Waals surface area contributed by atoms with Crippen molar-refractivity contribution in [3.63, 3.8) is 0 Å². The van der Waals surface area contributed by atoms with Crippen LogP contribution >= 0.6 is 0 Å². The number of rotatable bonds is 3. The van der Waals surface area contributed by atoms with Gasteiger partial charge in [-0.3, -0.25) is 0 Å². The molecule has 0 spiro atoms. The minimum atomic E-state index is -0.258. The number of pyridine rings is 1. The van der Waals surface area contributed by atoms with Crippen molar-refractivity contribution in [1.82, 2.24) is 4.98 Å². The third-order valence-corrected chi connectivity index (χ3v) is 2.60. The Balaban J connectivity index is 2.57. The average molecular weight is 258 g/mol. The van der Waals surface area contributed by atoms with E-state index >= 15 is 0 Å². The molecule has 0 aliphatic carbocycles. The highest BCUT2D eigenvalue weighted by Crippen LogP contribution is 2.32. The number of benzene rings is 1. The van der Waals surface area contributed by atoms with Gasteiger partial charge in [-0.2, -0.15) is 0 Å². The Bertz CT molecular complexity index is 565. The topological polar surface area (TPSA) is 34.2 Å². The van der Waals surface area contributed by atoms with Crippen molar-refractivity contribution in [3.05, 3.63) is 30.5 Å². The van der Waals surface area contributed by atoms with E-state index in [2.05, 4.69) is 36.3 Å². The van der Waals surface area contributed by atoms with Crippen LogP contribution in [-0.4, -0.2) is 16.6 Å². The second-order valence-electron chi connectivity index (χ2n) is 6.03. The molecule has 1 heterocycles. The molecule has 19 heavy (non-hydrogen) atoms. The molecule has 0 saturated heterocycles. The van der Waals surface area contributed by atoms with Gasteiger partial charge in [-0.15, -0.1) is 0 Å². The van der Waals surface area contributed by atoms with Crippen molar-refractivity contribution in [1.29, 1.82) is 0 Å². The van der Waals surface area contributed by atoms with Gasteiger partial charge in [0.15, 0.2) is 0 Å². The van der Waals surface area contributed by atoms with Crippen LogP contribution in [0.2, 0.25) is 0 Å². The van der Waals surface area contributed by atoms with Crippen molar-refractivity contribution in [2.75, 3.05) is 5.32 Å². The van der Waals surface area contributed by atoms with E-state index in [1.165, 1.54) is 0 Å². The molecule has 0 saturated carbocycles. The molecular formula is C16H22N2O. The molecule has 0 fully saturated rings. The highest BCUT2D eigenvalue weighted by Gasteiger charge is 2.16. The lowest BCUT2D eigenvalue weighted by Gasteiger charge is -2.22. The van der Waals surface area contributed by atoms with Crippen LogP contribution in [0, 0.1) is 0 Å². The molecule has 0 amide bonds. The lowest BCUT2D eigenvalue weighted by atomic mass is 10.1. The van der Waals surface area contributed by atoms with E-state index in [1.54, 1.807) is 6.20 Å². The number of hydrogen-bond donors (Lipinski definition) is 1. The first-order chi connectivity index (χ1) is 8.87. The van der Waals surface area contributed by atoms with Gasteiger partial charge in [-0.1, -0.05) is 12.1 Å². The summed E-state index contributed by atoms with van der Waals surface area (Å²) in [5.74, 6) is 0.689. The first kappa shape index (κ1) is 13.7. The quantitative estimate of drug-likeness (QED) is 0.894. The summed E-state index contributed by atoms with van der Waals surface area (Å²) in [6.07, 6.45) is 1.79. The second-order valence-corrected chi connectivity index (χ2v) is 6.03. The van der Waals surface area contributed by atoms with Crippen LogP contribution in [0.15, 0.2) is 30.5 Å². The maximum absolute atomic E-state index is 5.99. The number of aromatic nitrogens is 1. The van der Waals surface area contributed by atoms with Crippen LogP contribution in [0.5, 0.6) is 5.88 Å². The lowest BCUT2D eigenvalue weighted by molar-refractivity contribution is 0.126. The standard InChI is InChI=1S/C16H22N2O/c1-11(2)18-13-8-6-7-12-9-10-17-15(14(12)13)19-16(3,4)5/h6-11,18H,1-5H3.